The van der Waals surface area contributed by atoms with Crippen LogP contribution in [0.2, 0.25) is 0 Å². The van der Waals surface area contributed by atoms with E-state index in [-0.39, 0.29) is 4.90 Å². The molecule has 1 fully saturated rings. The molecule has 0 amide bonds. The minimum absolute atomic E-state index is 0.0652. The largest absolute Gasteiger partial charge is 0.387 e. The zero-order valence-electron chi connectivity index (χ0n) is 11.7. The molecule has 1 aliphatic heterocycles. The van der Waals surface area contributed by atoms with Gasteiger partial charge >= 0.3 is 0 Å². The van der Waals surface area contributed by atoms with Gasteiger partial charge in [-0.3, -0.25) is 4.18 Å². The van der Waals surface area contributed by atoms with Crippen molar-refractivity contribution < 1.29 is 37.8 Å². The molecule has 0 radical (unpaired) electrons. The fourth-order valence-corrected chi connectivity index (χ4v) is 2.92. The van der Waals surface area contributed by atoms with Gasteiger partial charge in [-0.05, 0) is 19.1 Å². The highest BCUT2D eigenvalue weighted by Gasteiger charge is 2.43. The normalized spacial score (nSPS) is 32.9. The van der Waals surface area contributed by atoms with Crippen LogP contribution in [0.15, 0.2) is 29.2 Å². The Morgan fingerprint density at radius 1 is 1.05 bits per heavy atom. The van der Waals surface area contributed by atoms with Crippen molar-refractivity contribution >= 4 is 10.1 Å². The van der Waals surface area contributed by atoms with Gasteiger partial charge in [-0.1, -0.05) is 17.7 Å². The van der Waals surface area contributed by atoms with Crippen molar-refractivity contribution in [2.45, 2.75) is 42.5 Å². The molecule has 1 heterocycles. The number of hydrogen-bond acceptors (Lipinski definition) is 8. The maximum absolute atomic E-state index is 12.0. The van der Waals surface area contributed by atoms with Gasteiger partial charge < -0.3 is 25.2 Å². The molecular formula is C13H18O8S. The van der Waals surface area contributed by atoms with Crippen molar-refractivity contribution in [3.8, 4) is 0 Å². The lowest BCUT2D eigenvalue weighted by atomic mass is 10.00. The molecule has 22 heavy (non-hydrogen) atoms. The Balaban J connectivity index is 2.04. The first kappa shape index (κ1) is 17.3. The number of aryl methyl sites for hydroxylation is 1. The highest BCUT2D eigenvalue weighted by Crippen LogP contribution is 2.21. The Morgan fingerprint density at radius 3 is 2.23 bits per heavy atom. The summed E-state index contributed by atoms with van der Waals surface area (Å²) in [6.07, 6.45) is -7.98. The number of ether oxygens (including phenoxy) is 1. The molecule has 1 aromatic rings. The van der Waals surface area contributed by atoms with Gasteiger partial charge in [0.25, 0.3) is 10.1 Å². The minimum atomic E-state index is -4.07. The van der Waals surface area contributed by atoms with Crippen LogP contribution in [0.5, 0.6) is 0 Å². The summed E-state index contributed by atoms with van der Waals surface area (Å²) in [6, 6.07) is 5.95. The number of aliphatic hydroxyl groups is 4. The summed E-state index contributed by atoms with van der Waals surface area (Å²) in [5, 5.41) is 37.9. The maximum Gasteiger partial charge on any atom is 0.297 e. The van der Waals surface area contributed by atoms with Crippen LogP contribution < -0.4 is 0 Å². The second-order valence-corrected chi connectivity index (χ2v) is 6.70. The van der Waals surface area contributed by atoms with Gasteiger partial charge in [-0.2, -0.15) is 8.42 Å². The zero-order chi connectivity index (χ0) is 16.5. The van der Waals surface area contributed by atoms with Crippen LogP contribution in [0.1, 0.15) is 5.56 Å². The topological polar surface area (TPSA) is 134 Å². The van der Waals surface area contributed by atoms with Crippen LogP contribution in [-0.4, -0.2) is 66.2 Å². The van der Waals surface area contributed by atoms with Crippen molar-refractivity contribution in [2.75, 3.05) is 6.61 Å². The lowest BCUT2D eigenvalue weighted by Crippen LogP contribution is -2.58. The van der Waals surface area contributed by atoms with Gasteiger partial charge in [-0.15, -0.1) is 0 Å². The quantitative estimate of drug-likeness (QED) is 0.489. The standard InChI is InChI=1S/C13H18O8S/c1-7-2-4-8(5-3-7)22(18,19)20-6-9-10(14)11(15)12(16)13(17)21-9/h2-5,9-17H,6H2,1H3/t9-,10+,11-,12-,13-/m0/s1. The molecule has 1 aromatic carbocycles. The van der Waals surface area contributed by atoms with E-state index >= 15 is 0 Å². The van der Waals surface area contributed by atoms with E-state index in [0.29, 0.717) is 0 Å². The average Bonchev–Trinajstić information content (AvgIpc) is 2.48. The Kier molecular flexibility index (Phi) is 5.17. The Morgan fingerprint density at radius 2 is 1.64 bits per heavy atom. The van der Waals surface area contributed by atoms with Gasteiger partial charge in [0, 0.05) is 0 Å². The summed E-state index contributed by atoms with van der Waals surface area (Å²) in [7, 11) is -4.07. The fourth-order valence-electron chi connectivity index (χ4n) is 2.00. The predicted octanol–water partition coefficient (Wildman–Crippen LogP) is -1.50. The van der Waals surface area contributed by atoms with Crippen LogP contribution in [0.4, 0.5) is 0 Å². The molecule has 1 aliphatic rings. The molecule has 0 aliphatic carbocycles. The van der Waals surface area contributed by atoms with E-state index in [4.69, 9.17) is 8.92 Å². The lowest BCUT2D eigenvalue weighted by Gasteiger charge is -2.37. The first-order valence-corrected chi connectivity index (χ1v) is 7.97. The predicted molar refractivity (Wildman–Crippen MR) is 73.2 cm³/mol. The number of benzene rings is 1. The molecule has 0 spiro atoms. The first-order valence-electron chi connectivity index (χ1n) is 6.56. The summed E-state index contributed by atoms with van der Waals surface area (Å²) in [6.45, 7) is 1.19. The Labute approximate surface area is 127 Å². The maximum atomic E-state index is 12.0. The molecule has 1 saturated heterocycles. The molecule has 4 N–H and O–H groups in total. The Bertz CT molecular complexity index is 599. The van der Waals surface area contributed by atoms with Crippen molar-refractivity contribution in [3.63, 3.8) is 0 Å². The fraction of sp³-hybridized carbons (Fsp3) is 0.538. The summed E-state index contributed by atoms with van der Waals surface area (Å²) in [5.41, 5.74) is 0.880. The summed E-state index contributed by atoms with van der Waals surface area (Å²) < 4.78 is 33.6. The van der Waals surface area contributed by atoms with Crippen LogP contribution >= 0.6 is 0 Å². The molecule has 2 rings (SSSR count). The van der Waals surface area contributed by atoms with Crippen molar-refractivity contribution in [1.29, 1.82) is 0 Å². The monoisotopic (exact) mass is 334 g/mol. The molecule has 0 bridgehead atoms. The number of rotatable bonds is 4. The Hall–Kier alpha value is -1.07. The summed E-state index contributed by atoms with van der Waals surface area (Å²) in [5.74, 6) is 0. The SMILES string of the molecule is Cc1ccc(S(=O)(=O)OC[C@@H]2O[C@H](O)[C@@H](O)[C@@H](O)[C@@H]2O)cc1. The van der Waals surface area contributed by atoms with Crippen LogP contribution in [0.3, 0.4) is 0 Å². The van der Waals surface area contributed by atoms with Gasteiger partial charge in [0.1, 0.15) is 24.4 Å². The second kappa shape index (κ2) is 6.59. The van der Waals surface area contributed by atoms with E-state index in [9.17, 15) is 28.8 Å². The summed E-state index contributed by atoms with van der Waals surface area (Å²) in [4.78, 5) is -0.0652. The van der Waals surface area contributed by atoms with Gasteiger partial charge in [0.2, 0.25) is 0 Å². The molecular weight excluding hydrogens is 316 g/mol. The lowest BCUT2D eigenvalue weighted by molar-refractivity contribution is -0.285. The molecule has 0 saturated carbocycles. The van der Waals surface area contributed by atoms with E-state index in [1.165, 1.54) is 12.1 Å². The van der Waals surface area contributed by atoms with E-state index in [2.05, 4.69) is 0 Å². The van der Waals surface area contributed by atoms with Crippen LogP contribution in [0.25, 0.3) is 0 Å². The van der Waals surface area contributed by atoms with Crippen molar-refractivity contribution in [3.05, 3.63) is 29.8 Å². The van der Waals surface area contributed by atoms with E-state index in [1.807, 2.05) is 0 Å². The first-order chi connectivity index (χ1) is 10.2. The number of aliphatic hydroxyl groups excluding tert-OH is 4. The second-order valence-electron chi connectivity index (χ2n) is 5.09. The third-order valence-electron chi connectivity index (χ3n) is 3.38. The molecule has 8 nitrogen and oxygen atoms in total. The van der Waals surface area contributed by atoms with Gasteiger partial charge in [0.05, 0.1) is 11.5 Å². The molecule has 0 aromatic heterocycles. The summed E-state index contributed by atoms with van der Waals surface area (Å²) >= 11 is 0. The van der Waals surface area contributed by atoms with Gasteiger partial charge in [0.15, 0.2) is 6.29 Å². The molecule has 0 unspecified atom stereocenters. The third-order valence-corrected chi connectivity index (χ3v) is 4.68. The molecule has 5 atom stereocenters. The molecule has 124 valence electrons. The highest BCUT2D eigenvalue weighted by molar-refractivity contribution is 7.86. The van der Waals surface area contributed by atoms with E-state index in [0.717, 1.165) is 5.56 Å². The van der Waals surface area contributed by atoms with E-state index in [1.54, 1.807) is 19.1 Å². The van der Waals surface area contributed by atoms with Crippen LogP contribution in [-0.2, 0) is 19.0 Å². The van der Waals surface area contributed by atoms with Crippen molar-refractivity contribution in [2.24, 2.45) is 0 Å². The minimum Gasteiger partial charge on any atom is -0.387 e. The highest BCUT2D eigenvalue weighted by atomic mass is 32.2. The van der Waals surface area contributed by atoms with Crippen LogP contribution in [0, 0.1) is 6.92 Å². The molecule has 9 heteroatoms. The van der Waals surface area contributed by atoms with Gasteiger partial charge in [-0.25, -0.2) is 0 Å². The van der Waals surface area contributed by atoms with Crippen molar-refractivity contribution in [1.82, 2.24) is 0 Å². The average molecular weight is 334 g/mol. The smallest absolute Gasteiger partial charge is 0.297 e. The van der Waals surface area contributed by atoms with E-state index < -0.39 is 47.4 Å². The number of hydrogen-bond donors (Lipinski definition) is 4. The zero-order valence-corrected chi connectivity index (χ0v) is 12.5. The third kappa shape index (κ3) is 3.63.